The summed E-state index contributed by atoms with van der Waals surface area (Å²) < 4.78 is 0. The number of amides is 4. The Bertz CT molecular complexity index is 274. The first-order chi connectivity index (χ1) is 6.37. The van der Waals surface area contributed by atoms with Gasteiger partial charge in [-0.1, -0.05) is 0 Å². The summed E-state index contributed by atoms with van der Waals surface area (Å²) in [6.07, 6.45) is -3.38. The van der Waals surface area contributed by atoms with Gasteiger partial charge in [0.1, 0.15) is 0 Å². The zero-order chi connectivity index (χ0) is 11.0. The molecule has 1 saturated heterocycles. The molecule has 1 heterocycles. The van der Waals surface area contributed by atoms with Crippen LogP contribution in [0.4, 0.5) is 4.79 Å². The van der Waals surface area contributed by atoms with E-state index >= 15 is 0 Å². The minimum atomic E-state index is -1.69. The maximum absolute atomic E-state index is 11.3. The Labute approximate surface area is 79.5 Å². The van der Waals surface area contributed by atoms with Gasteiger partial charge in [-0.25, -0.2) is 14.6 Å². The average molecular weight is 202 g/mol. The first-order valence-corrected chi connectivity index (χ1v) is 3.87. The smallest absolute Gasteiger partial charge is 0.338 e. The number of nitrogens with zero attached hydrogens (tertiary/aromatic N) is 2. The molecule has 0 aliphatic carbocycles. The SMILES string of the molecule is CC(=O)N1C(=O)N(C(C)=O)[C@H](O)[C@H]1O. The van der Waals surface area contributed by atoms with E-state index in [0.717, 1.165) is 13.8 Å². The second-order valence-electron chi connectivity index (χ2n) is 2.89. The summed E-state index contributed by atoms with van der Waals surface area (Å²) in [6.45, 7) is 2.11. The van der Waals surface area contributed by atoms with Gasteiger partial charge in [0.05, 0.1) is 0 Å². The van der Waals surface area contributed by atoms with Crippen LogP contribution in [0.15, 0.2) is 0 Å². The summed E-state index contributed by atoms with van der Waals surface area (Å²) in [5, 5.41) is 18.5. The summed E-state index contributed by atoms with van der Waals surface area (Å²) >= 11 is 0. The number of urea groups is 1. The van der Waals surface area contributed by atoms with Gasteiger partial charge in [0.15, 0.2) is 12.5 Å². The van der Waals surface area contributed by atoms with Crippen LogP contribution in [0.1, 0.15) is 13.8 Å². The largest absolute Gasteiger partial charge is 0.369 e. The Kier molecular flexibility index (Phi) is 2.54. The van der Waals surface area contributed by atoms with Crippen LogP contribution in [0.3, 0.4) is 0 Å². The molecule has 2 N–H and O–H groups in total. The van der Waals surface area contributed by atoms with Crippen LogP contribution < -0.4 is 0 Å². The van der Waals surface area contributed by atoms with E-state index in [2.05, 4.69) is 0 Å². The molecule has 1 rings (SSSR count). The van der Waals surface area contributed by atoms with Crippen molar-refractivity contribution in [1.82, 2.24) is 9.80 Å². The van der Waals surface area contributed by atoms with Gasteiger partial charge < -0.3 is 10.2 Å². The van der Waals surface area contributed by atoms with Crippen LogP contribution in [0.2, 0.25) is 0 Å². The summed E-state index contributed by atoms with van der Waals surface area (Å²) in [5.41, 5.74) is 0. The maximum Gasteiger partial charge on any atom is 0.338 e. The second kappa shape index (κ2) is 3.35. The third kappa shape index (κ3) is 1.36. The number of hydrogen-bond acceptors (Lipinski definition) is 5. The van der Waals surface area contributed by atoms with Crippen molar-refractivity contribution >= 4 is 17.8 Å². The number of rotatable bonds is 0. The standard InChI is InChI=1S/C7H10N2O5/c1-3(10)8-5(12)6(13)9(4(2)11)7(8)14/h5-6,12-13H,1-2H3/t5-,6-/m1/s1. The van der Waals surface area contributed by atoms with E-state index < -0.39 is 30.3 Å². The van der Waals surface area contributed by atoms with Gasteiger partial charge in [0, 0.05) is 13.8 Å². The highest BCUT2D eigenvalue weighted by Crippen LogP contribution is 2.19. The predicted molar refractivity (Wildman–Crippen MR) is 42.4 cm³/mol. The van der Waals surface area contributed by atoms with E-state index in [1.165, 1.54) is 0 Å². The molecule has 0 aromatic carbocycles. The molecule has 78 valence electrons. The second-order valence-corrected chi connectivity index (χ2v) is 2.89. The highest BCUT2D eigenvalue weighted by atomic mass is 16.4. The van der Waals surface area contributed by atoms with Gasteiger partial charge in [0.2, 0.25) is 11.8 Å². The third-order valence-electron chi connectivity index (χ3n) is 1.89. The van der Waals surface area contributed by atoms with Crippen LogP contribution in [0.25, 0.3) is 0 Å². The molecule has 1 aliphatic heterocycles. The van der Waals surface area contributed by atoms with Crippen molar-refractivity contribution in [3.05, 3.63) is 0 Å². The molecular weight excluding hydrogens is 192 g/mol. The molecule has 0 spiro atoms. The molecule has 14 heavy (non-hydrogen) atoms. The Morgan fingerprint density at radius 1 is 1.07 bits per heavy atom. The fraction of sp³-hybridized carbons (Fsp3) is 0.571. The van der Waals surface area contributed by atoms with Crippen LogP contribution in [0, 0.1) is 0 Å². The molecule has 0 aromatic rings. The van der Waals surface area contributed by atoms with E-state index in [4.69, 9.17) is 0 Å². The van der Waals surface area contributed by atoms with Crippen LogP contribution in [-0.2, 0) is 9.59 Å². The van der Waals surface area contributed by atoms with Crippen LogP contribution >= 0.6 is 0 Å². The Morgan fingerprint density at radius 3 is 1.50 bits per heavy atom. The molecule has 0 radical (unpaired) electrons. The number of carbonyl (C=O) groups is 3. The summed E-state index contributed by atoms with van der Waals surface area (Å²) in [4.78, 5) is 33.9. The van der Waals surface area contributed by atoms with Crippen molar-refractivity contribution in [2.75, 3.05) is 0 Å². The number of aliphatic hydroxyl groups excluding tert-OH is 2. The molecule has 0 aromatic heterocycles. The van der Waals surface area contributed by atoms with Gasteiger partial charge in [-0.3, -0.25) is 9.59 Å². The molecule has 0 unspecified atom stereocenters. The van der Waals surface area contributed by atoms with E-state index in [9.17, 15) is 24.6 Å². The van der Waals surface area contributed by atoms with Crippen LogP contribution in [-0.4, -0.2) is 50.3 Å². The molecule has 2 atom stereocenters. The Balaban J connectivity index is 3.02. The highest BCUT2D eigenvalue weighted by molar-refractivity contribution is 6.03. The number of carbonyl (C=O) groups excluding carboxylic acids is 3. The molecule has 0 saturated carbocycles. The van der Waals surface area contributed by atoms with Crippen molar-refractivity contribution in [2.45, 2.75) is 26.3 Å². The minimum Gasteiger partial charge on any atom is -0.369 e. The fourth-order valence-electron chi connectivity index (χ4n) is 1.25. The first kappa shape index (κ1) is 10.6. The summed E-state index contributed by atoms with van der Waals surface area (Å²) in [6, 6.07) is -1.01. The average Bonchev–Trinajstić information content (AvgIpc) is 2.23. The fourth-order valence-corrected chi connectivity index (χ4v) is 1.25. The van der Waals surface area contributed by atoms with E-state index in [0.29, 0.717) is 9.80 Å². The highest BCUT2D eigenvalue weighted by Gasteiger charge is 2.48. The minimum absolute atomic E-state index is 0.423. The Hall–Kier alpha value is -1.47. The molecule has 0 bridgehead atoms. The molecule has 7 heteroatoms. The van der Waals surface area contributed by atoms with E-state index in [1.54, 1.807) is 0 Å². The Morgan fingerprint density at radius 2 is 1.36 bits per heavy atom. The number of imide groups is 2. The van der Waals surface area contributed by atoms with Crippen molar-refractivity contribution in [1.29, 1.82) is 0 Å². The molecular formula is C7H10N2O5. The number of hydrogen-bond donors (Lipinski definition) is 2. The maximum atomic E-state index is 11.3. The summed E-state index contributed by atoms with van der Waals surface area (Å²) in [7, 11) is 0. The van der Waals surface area contributed by atoms with Crippen LogP contribution in [0.5, 0.6) is 0 Å². The van der Waals surface area contributed by atoms with E-state index in [-0.39, 0.29) is 0 Å². The van der Waals surface area contributed by atoms with Gasteiger partial charge in [-0.15, -0.1) is 0 Å². The molecule has 7 nitrogen and oxygen atoms in total. The van der Waals surface area contributed by atoms with Gasteiger partial charge in [-0.2, -0.15) is 0 Å². The van der Waals surface area contributed by atoms with Crippen molar-refractivity contribution < 1.29 is 24.6 Å². The lowest BCUT2D eigenvalue weighted by molar-refractivity contribution is -0.143. The zero-order valence-electron chi connectivity index (χ0n) is 7.67. The molecule has 1 fully saturated rings. The summed E-state index contributed by atoms with van der Waals surface area (Å²) in [5.74, 6) is -1.46. The first-order valence-electron chi connectivity index (χ1n) is 3.87. The van der Waals surface area contributed by atoms with Crippen molar-refractivity contribution in [2.24, 2.45) is 0 Å². The van der Waals surface area contributed by atoms with Gasteiger partial charge in [0.25, 0.3) is 0 Å². The van der Waals surface area contributed by atoms with Gasteiger partial charge in [-0.05, 0) is 0 Å². The topological polar surface area (TPSA) is 98.2 Å². The van der Waals surface area contributed by atoms with E-state index in [1.807, 2.05) is 0 Å². The number of aliphatic hydroxyl groups is 2. The van der Waals surface area contributed by atoms with Crippen molar-refractivity contribution in [3.63, 3.8) is 0 Å². The molecule has 1 aliphatic rings. The lowest BCUT2D eigenvalue weighted by Gasteiger charge is -2.14. The lowest BCUT2D eigenvalue weighted by Crippen LogP contribution is -2.39. The monoisotopic (exact) mass is 202 g/mol. The van der Waals surface area contributed by atoms with Gasteiger partial charge >= 0.3 is 6.03 Å². The predicted octanol–water partition coefficient (Wildman–Crippen LogP) is -1.55. The quantitative estimate of drug-likeness (QED) is 0.495. The van der Waals surface area contributed by atoms with Crippen molar-refractivity contribution in [3.8, 4) is 0 Å². The zero-order valence-corrected chi connectivity index (χ0v) is 7.67. The molecule has 4 amide bonds. The normalized spacial score (nSPS) is 27.0. The third-order valence-corrected chi connectivity index (χ3v) is 1.89. The lowest BCUT2D eigenvalue weighted by atomic mass is 10.4.